The van der Waals surface area contributed by atoms with Gasteiger partial charge < -0.3 is 9.47 Å². The molecular weight excluding hydrogens is 256 g/mol. The van der Waals surface area contributed by atoms with Crippen LogP contribution in [0.5, 0.6) is 5.75 Å². The summed E-state index contributed by atoms with van der Waals surface area (Å²) in [5.41, 5.74) is 1.70. The average Bonchev–Trinajstić information content (AvgIpc) is 2.83. The number of carbonyl (C=O) groups excluding carboxylic acids is 2. The van der Waals surface area contributed by atoms with Gasteiger partial charge in [-0.3, -0.25) is 4.79 Å². The first kappa shape index (κ1) is 14.1. The zero-order valence-corrected chi connectivity index (χ0v) is 11.2. The van der Waals surface area contributed by atoms with Gasteiger partial charge in [-0.25, -0.2) is 4.79 Å². The van der Waals surface area contributed by atoms with Gasteiger partial charge in [0.15, 0.2) is 5.78 Å². The summed E-state index contributed by atoms with van der Waals surface area (Å²) in [5, 5.41) is 0. The minimum absolute atomic E-state index is 0.0295. The number of fused-ring (bicyclic) bond motifs is 1. The average molecular weight is 272 g/mol. The molecule has 1 aliphatic rings. The lowest BCUT2D eigenvalue weighted by molar-refractivity contribution is 0.0548. The number of rotatable bonds is 6. The lowest BCUT2D eigenvalue weighted by Gasteiger charge is -2.11. The Kier molecular flexibility index (Phi) is 4.35. The van der Waals surface area contributed by atoms with Crippen LogP contribution in [0.2, 0.25) is 0 Å². The molecule has 0 unspecified atom stereocenters. The van der Waals surface area contributed by atoms with E-state index in [2.05, 4.69) is 13.2 Å². The zero-order chi connectivity index (χ0) is 14.5. The molecule has 0 spiro atoms. The summed E-state index contributed by atoms with van der Waals surface area (Å²) in [7, 11) is 0. The maximum absolute atomic E-state index is 12.0. The van der Waals surface area contributed by atoms with Crippen molar-refractivity contribution in [1.82, 2.24) is 0 Å². The van der Waals surface area contributed by atoms with E-state index in [9.17, 15) is 9.59 Å². The Morgan fingerprint density at radius 1 is 1.20 bits per heavy atom. The molecule has 1 aliphatic carbocycles. The summed E-state index contributed by atoms with van der Waals surface area (Å²) in [6.45, 7) is 7.52. The van der Waals surface area contributed by atoms with E-state index >= 15 is 0 Å². The molecule has 1 aromatic rings. The highest BCUT2D eigenvalue weighted by molar-refractivity contribution is 6.05. The molecule has 0 heterocycles. The molecule has 2 rings (SSSR count). The van der Waals surface area contributed by atoms with Crippen LogP contribution >= 0.6 is 0 Å². The van der Waals surface area contributed by atoms with E-state index in [-0.39, 0.29) is 12.4 Å². The first-order chi connectivity index (χ1) is 9.67. The second-order valence-electron chi connectivity index (χ2n) is 4.41. The van der Waals surface area contributed by atoms with Crippen LogP contribution in [0, 0.1) is 0 Å². The van der Waals surface area contributed by atoms with Gasteiger partial charge >= 0.3 is 5.97 Å². The summed E-state index contributed by atoms with van der Waals surface area (Å²) in [6.07, 6.45) is 4.09. The monoisotopic (exact) mass is 272 g/mol. The molecule has 104 valence electrons. The van der Waals surface area contributed by atoms with E-state index in [4.69, 9.17) is 9.47 Å². The first-order valence-corrected chi connectivity index (χ1v) is 6.39. The van der Waals surface area contributed by atoms with Gasteiger partial charge in [0.05, 0.1) is 5.56 Å². The number of ether oxygens (including phenoxy) is 2. The van der Waals surface area contributed by atoms with Gasteiger partial charge in [0.1, 0.15) is 19.0 Å². The second kappa shape index (κ2) is 6.19. The van der Waals surface area contributed by atoms with Crippen LogP contribution in [0.3, 0.4) is 0 Å². The van der Waals surface area contributed by atoms with Crippen LogP contribution in [-0.2, 0) is 11.2 Å². The molecule has 0 saturated carbocycles. The molecule has 0 amide bonds. The molecule has 0 atom stereocenters. The Hall–Kier alpha value is -2.36. The van der Waals surface area contributed by atoms with Crippen molar-refractivity contribution in [3.63, 3.8) is 0 Å². The molecule has 0 bridgehead atoms. The third kappa shape index (κ3) is 2.79. The highest BCUT2D eigenvalue weighted by Gasteiger charge is 2.27. The van der Waals surface area contributed by atoms with E-state index in [1.165, 1.54) is 6.08 Å². The van der Waals surface area contributed by atoms with E-state index in [1.807, 2.05) is 0 Å². The molecule has 1 aromatic carbocycles. The molecule has 4 heteroatoms. The van der Waals surface area contributed by atoms with Crippen molar-refractivity contribution in [3.05, 3.63) is 54.1 Å². The predicted octanol–water partition coefficient (Wildman–Crippen LogP) is 2.72. The summed E-state index contributed by atoms with van der Waals surface area (Å²) in [4.78, 5) is 23.9. The van der Waals surface area contributed by atoms with Gasteiger partial charge in [0.25, 0.3) is 0 Å². The normalized spacial score (nSPS) is 12.7. The Morgan fingerprint density at radius 3 is 2.65 bits per heavy atom. The Morgan fingerprint density at radius 2 is 1.95 bits per heavy atom. The molecule has 0 saturated heterocycles. The Balaban J connectivity index is 2.38. The van der Waals surface area contributed by atoms with Gasteiger partial charge in [-0.1, -0.05) is 25.3 Å². The number of hydrogen-bond acceptors (Lipinski definition) is 4. The van der Waals surface area contributed by atoms with Crippen LogP contribution in [0.1, 0.15) is 32.7 Å². The van der Waals surface area contributed by atoms with E-state index in [0.29, 0.717) is 36.3 Å². The number of hydrogen-bond donors (Lipinski definition) is 0. The smallest absolute Gasteiger partial charge is 0.338 e. The maximum Gasteiger partial charge on any atom is 0.338 e. The van der Waals surface area contributed by atoms with Crippen LogP contribution in [0.15, 0.2) is 37.4 Å². The number of esters is 1. The highest BCUT2D eigenvalue weighted by Crippen LogP contribution is 2.30. The number of benzene rings is 1. The quantitative estimate of drug-likeness (QED) is 0.590. The number of ketones is 1. The summed E-state index contributed by atoms with van der Waals surface area (Å²) in [5.74, 6) is 0.0474. The van der Waals surface area contributed by atoms with Gasteiger partial charge in [-0.05, 0) is 24.1 Å². The Bertz CT molecular complexity index is 572. The lowest BCUT2D eigenvalue weighted by atomic mass is 10.0. The van der Waals surface area contributed by atoms with E-state index in [0.717, 1.165) is 5.56 Å². The maximum atomic E-state index is 12.0. The van der Waals surface area contributed by atoms with E-state index in [1.54, 1.807) is 18.2 Å². The van der Waals surface area contributed by atoms with Crippen LogP contribution < -0.4 is 4.74 Å². The van der Waals surface area contributed by atoms with Gasteiger partial charge in [0.2, 0.25) is 0 Å². The summed E-state index contributed by atoms with van der Waals surface area (Å²) >= 11 is 0. The van der Waals surface area contributed by atoms with Gasteiger partial charge in [-0.15, -0.1) is 0 Å². The number of Topliss-reactive ketones (excluding diaryl/α,β-unsaturated/α-hetero) is 1. The Labute approximate surface area is 117 Å². The molecule has 0 aliphatic heterocycles. The van der Waals surface area contributed by atoms with E-state index < -0.39 is 5.97 Å². The zero-order valence-electron chi connectivity index (χ0n) is 11.2. The molecular formula is C16H16O4. The first-order valence-electron chi connectivity index (χ1n) is 6.39. The molecule has 4 nitrogen and oxygen atoms in total. The predicted molar refractivity (Wildman–Crippen MR) is 75.3 cm³/mol. The fraction of sp³-hybridized carbons (Fsp3) is 0.250. The van der Waals surface area contributed by atoms with Crippen LogP contribution in [0.25, 0.3) is 0 Å². The molecule has 0 aromatic heterocycles. The third-order valence-electron chi connectivity index (χ3n) is 3.05. The minimum Gasteiger partial charge on any atom is -0.490 e. The van der Waals surface area contributed by atoms with Crippen molar-refractivity contribution in [2.75, 3.05) is 13.2 Å². The van der Waals surface area contributed by atoms with Crippen molar-refractivity contribution in [2.24, 2.45) is 0 Å². The molecule has 0 fully saturated rings. The van der Waals surface area contributed by atoms with Crippen molar-refractivity contribution in [1.29, 1.82) is 0 Å². The summed E-state index contributed by atoms with van der Waals surface area (Å²) in [6, 6.07) is 3.30. The van der Waals surface area contributed by atoms with Gasteiger partial charge in [0, 0.05) is 12.0 Å². The standard InChI is InChI=1S/C16H16O4/c1-3-7-19-11-9-13-12(5-6-15(13)17)14(10-11)16(18)20-8-4-2/h3-4,9-10H,1-2,5-8H2. The second-order valence-corrected chi connectivity index (χ2v) is 4.41. The van der Waals surface area contributed by atoms with Crippen LogP contribution in [0.4, 0.5) is 0 Å². The third-order valence-corrected chi connectivity index (χ3v) is 3.05. The van der Waals surface area contributed by atoms with Crippen molar-refractivity contribution in [2.45, 2.75) is 12.8 Å². The largest absolute Gasteiger partial charge is 0.490 e. The lowest BCUT2D eigenvalue weighted by Crippen LogP contribution is -2.09. The highest BCUT2D eigenvalue weighted by atomic mass is 16.5. The van der Waals surface area contributed by atoms with Crippen molar-refractivity contribution in [3.8, 4) is 5.75 Å². The SMILES string of the molecule is C=CCOC(=O)c1cc(OCC=C)cc2c1CCC2=O. The summed E-state index contributed by atoms with van der Waals surface area (Å²) < 4.78 is 10.5. The minimum atomic E-state index is -0.458. The van der Waals surface area contributed by atoms with Gasteiger partial charge in [-0.2, -0.15) is 0 Å². The fourth-order valence-electron chi connectivity index (χ4n) is 2.17. The topological polar surface area (TPSA) is 52.6 Å². The van der Waals surface area contributed by atoms with Crippen LogP contribution in [-0.4, -0.2) is 25.0 Å². The van der Waals surface area contributed by atoms with Crippen molar-refractivity contribution >= 4 is 11.8 Å². The van der Waals surface area contributed by atoms with Crippen molar-refractivity contribution < 1.29 is 19.1 Å². The molecule has 20 heavy (non-hydrogen) atoms. The molecule has 0 radical (unpaired) electrons. The fourth-order valence-corrected chi connectivity index (χ4v) is 2.17. The number of carbonyl (C=O) groups is 2. The molecule has 0 N–H and O–H groups in total.